The number of hydrogen-bond acceptors (Lipinski definition) is 28. The summed E-state index contributed by atoms with van der Waals surface area (Å²) in [6.07, 6.45) is 3.38. The number of hydrogen-bond donors (Lipinski definition) is 11. The zero-order chi connectivity index (χ0) is 106. The minimum Gasteiger partial charge on any atom is -0.450 e. The molecule has 11 aromatic rings. The average molecular weight is 2020 g/mol. The van der Waals surface area contributed by atoms with Gasteiger partial charge in [-0.25, -0.2) is 35.1 Å². The molecule has 5 atom stereocenters. The molecular weight excluding hydrogens is 1920 g/mol. The first-order valence-electron chi connectivity index (χ1n) is 44.6. The Morgan fingerprint density at radius 2 is 0.785 bits per heavy atom. The highest BCUT2D eigenvalue weighted by Gasteiger charge is 2.34. The number of imide groups is 1. The average Bonchev–Trinajstić information content (AvgIpc) is 1.63. The number of benzene rings is 5. The van der Waals surface area contributed by atoms with Crippen molar-refractivity contribution < 1.29 is 62.5 Å². The van der Waals surface area contributed by atoms with E-state index in [1.807, 2.05) is 10.3 Å². The third kappa shape index (κ3) is 23.1. The molecule has 682 valence electrons. The number of H-pyrrole nitrogens is 6. The van der Waals surface area contributed by atoms with Crippen molar-refractivity contribution in [1.29, 1.82) is 5.26 Å². The number of fused-ring (bicyclic) bond motifs is 5. The number of nitrogens with zero attached hydrogens (tertiary/aromatic N) is 10. The molecule has 2 amide bonds. The summed E-state index contributed by atoms with van der Waals surface area (Å²) in [5.74, 6) is -5.59. The number of rotatable bonds is 15. The fourth-order valence-corrected chi connectivity index (χ4v) is 16.1. The number of carbonyl (C=O) groups is 2. The van der Waals surface area contributed by atoms with E-state index in [0.717, 1.165) is 4.68 Å². The number of ether oxygens (including phenoxy) is 6. The van der Waals surface area contributed by atoms with Crippen LogP contribution in [-0.2, 0) is 41.6 Å². The van der Waals surface area contributed by atoms with Crippen LogP contribution in [0.3, 0.4) is 0 Å². The van der Waals surface area contributed by atoms with Crippen molar-refractivity contribution in [2.24, 2.45) is 5.10 Å². The normalized spacial score (nSPS) is 17.7. The van der Waals surface area contributed by atoms with E-state index < -0.39 is 126 Å². The first-order chi connectivity index (χ1) is 67.4. The second-order valence-electron chi connectivity index (χ2n) is 27.3. The predicted molar refractivity (Wildman–Crippen MR) is 497 cm³/mol. The Balaban J connectivity index is 0.000000186. The lowest BCUT2D eigenvalue weighted by atomic mass is 10.1. The van der Waals surface area contributed by atoms with Gasteiger partial charge in [0.1, 0.15) is 6.07 Å². The lowest BCUT2D eigenvalue weighted by Crippen LogP contribution is -2.36. The van der Waals surface area contributed by atoms with Crippen molar-refractivity contribution >= 4 is 174 Å². The number of carbonyl (C=O) groups excluding carboxylic acids is 2. The molecule has 5 aliphatic rings. The minimum absolute atomic E-state index is 0. The zero-order valence-corrected chi connectivity index (χ0v) is 74.2. The van der Waals surface area contributed by atoms with Gasteiger partial charge in [-0.2, -0.15) is 14.2 Å². The van der Waals surface area contributed by atoms with Crippen LogP contribution in [0, 0.1) is 17.9 Å². The molecule has 1 unspecified atom stereocenters. The number of nitrogens with two attached hydrogens (primary N) is 3. The number of nitrogen functional groups attached to an aromatic ring is 3. The van der Waals surface area contributed by atoms with Crippen molar-refractivity contribution in [3.05, 3.63) is 251 Å². The lowest BCUT2D eigenvalue weighted by molar-refractivity contribution is -0.114. The van der Waals surface area contributed by atoms with E-state index in [2.05, 4.69) is 76.2 Å². The van der Waals surface area contributed by atoms with Gasteiger partial charge in [-0.1, -0.05) is 164 Å². The van der Waals surface area contributed by atoms with Gasteiger partial charge in [0.05, 0.1) is 68.2 Å². The van der Waals surface area contributed by atoms with Crippen molar-refractivity contribution in [3.63, 3.8) is 0 Å². The highest BCUT2D eigenvalue weighted by molar-refractivity contribution is 7.93. The van der Waals surface area contributed by atoms with Crippen LogP contribution in [0.5, 0.6) is 58.1 Å². The van der Waals surface area contributed by atoms with Crippen LogP contribution in [-0.4, -0.2) is 96.3 Å². The predicted octanol–water partition coefficient (Wildman–Crippen LogP) is 18.6. The van der Waals surface area contributed by atoms with Gasteiger partial charge >= 0.3 is 17.6 Å². The van der Waals surface area contributed by atoms with Gasteiger partial charge < -0.3 is 50.5 Å². The Morgan fingerprint density at radius 3 is 1.04 bits per heavy atom. The van der Waals surface area contributed by atoms with Crippen LogP contribution >= 0.6 is 128 Å². The lowest BCUT2D eigenvalue weighted by Gasteiger charge is -2.13. The van der Waals surface area contributed by atoms with Gasteiger partial charge in [-0.05, 0) is 166 Å². The van der Waals surface area contributed by atoms with Crippen molar-refractivity contribution in [3.8, 4) is 69.9 Å². The molecule has 0 saturated heterocycles. The molecule has 0 fully saturated rings. The number of nitrogens with one attached hydrogen (secondary N) is 8. The monoisotopic (exact) mass is 2010 g/mol. The van der Waals surface area contributed by atoms with E-state index in [1.165, 1.54) is 73.0 Å². The van der Waals surface area contributed by atoms with Crippen LogP contribution < -0.4 is 90.7 Å². The van der Waals surface area contributed by atoms with Crippen molar-refractivity contribution in [2.45, 2.75) is 142 Å². The van der Waals surface area contributed by atoms with Crippen LogP contribution in [0.4, 0.5) is 37.2 Å². The number of anilines is 4. The molecule has 0 aliphatic heterocycles. The van der Waals surface area contributed by atoms with E-state index in [9.17, 15) is 47.0 Å². The number of aromatic nitrogens is 13. The first-order valence-corrected chi connectivity index (χ1v) is 42.0. The summed E-state index contributed by atoms with van der Waals surface area (Å²) >= 11 is 62.0. The maximum atomic E-state index is 12.3. The van der Waals surface area contributed by atoms with Crippen molar-refractivity contribution in [2.75, 3.05) is 35.5 Å². The number of halogens is 11. The standard InChI is InChI=1S/C20H18Cl2N6O5.C18H12Cl2N6O4.3C14H13Cl2N3O2.CH3FS.CH4/c1-3-32-20(31)24-17(29)14(8-23)26-25-10-6-12(21)16(13(22)7-10)33-19-11-5-4-9(2)15(11)18(30)27-28-19;1-7-3-4-9-12(7)15(27)23-24-17(9)30-13-10(19)5-8(6-11(13)20)26-18(29)22-16(28)14(21-2)25-26;3*1-6-2-3-8-11(6)13(20)18-19-14(8)21-12-9(15)4-7(17)5-10(12)16;1-3-2;/h6-7,9,25H,3-5H2,1-2H3,(H,27,30)(H,24,29,31);5-7H,3-4H2,1H3,(H,23,27)(H,22,28,29);3*4-6H,2-3,17H2,1H3,(H,18,20);1H3;1H4/b26-14+;;;;;;/t9-;7-;2*6-;;;/m1110.../s1/i2D3;4*1D3;;. The Bertz CT molecular complexity index is 7000. The summed E-state index contributed by atoms with van der Waals surface area (Å²) in [6, 6.07) is 15.5. The minimum atomic E-state index is -2.37. The van der Waals surface area contributed by atoms with E-state index in [4.69, 9.17) is 189 Å². The highest BCUT2D eigenvalue weighted by Crippen LogP contribution is 2.48. The van der Waals surface area contributed by atoms with Crippen LogP contribution in [0.25, 0.3) is 10.5 Å². The fraction of sp³-hybridized carbons (Fsp3) is 0.293. The molecule has 36 nitrogen and oxygen atoms in total. The van der Waals surface area contributed by atoms with Crippen molar-refractivity contribution in [1.82, 2.24) is 71.1 Å². The molecule has 48 heteroatoms. The van der Waals surface area contributed by atoms with E-state index in [-0.39, 0.29) is 199 Å². The fourth-order valence-electron chi connectivity index (χ4n) is 13.3. The number of aromatic amines is 6. The summed E-state index contributed by atoms with van der Waals surface area (Å²) in [6.45, 7) is -3.00. The number of hydrazone groups is 1. The smallest absolute Gasteiger partial charge is 0.414 e. The molecule has 6 heterocycles. The molecule has 0 radical (unpaired) electrons. The molecule has 5 aliphatic carbocycles. The number of amides is 2. The summed E-state index contributed by atoms with van der Waals surface area (Å²) in [7, 11) is 0. The first kappa shape index (κ1) is 80.2. The number of nitriles is 1. The summed E-state index contributed by atoms with van der Waals surface area (Å²) in [5, 5.41) is 49.9. The van der Waals surface area contributed by atoms with Crippen LogP contribution in [0.1, 0.15) is 186 Å². The topological polar surface area (TPSA) is 529 Å². The second-order valence-corrected chi connectivity index (χ2v) is 31.7. The Kier molecular flexibility index (Phi) is 27.2. The SMILES string of the molecule is C.CSF.[2H]C([2H])([2H])C1CCc2c(Oc3c(Cl)cc(N)cc3Cl)n[nH]c(=O)c21.[2H]C([2H])([2H])[C@@H]1CCc2c(Oc3c(Cl)cc(-n4nc([N+]#[C-])c(=O)[nH]c4=O)cc3Cl)n[nH]c(=O)c21.[2H]C([2H])([2H])[C@@H]1CCc2c(Oc3c(Cl)cc(N)cc3Cl)n[nH]c(=O)c21.[2H]C([2H])([2H])[C@@H]1CCc2c(Oc3c(Cl)cc(N/N=C(\C#N)C(=O)NC(=O)OCC)cc3Cl)n[nH]c(=O)c21.[2H]C([2H])([2H])[C@H]1CCc2c(Oc3c(Cl)cc(N)cc3Cl)n[nH]c(=O)c21. The second kappa shape index (κ2) is 44.1. The maximum Gasteiger partial charge on any atom is 0.414 e. The molecule has 16 rings (SSSR count). The van der Waals surface area contributed by atoms with E-state index in [1.54, 1.807) is 6.92 Å². The largest absolute Gasteiger partial charge is 0.450 e. The molecule has 5 aromatic carbocycles. The summed E-state index contributed by atoms with van der Waals surface area (Å²) < 4.78 is 159. The maximum absolute atomic E-state index is 12.3. The van der Waals surface area contributed by atoms with Gasteiger partial charge in [0.15, 0.2) is 28.7 Å². The summed E-state index contributed by atoms with van der Waals surface area (Å²) in [4.78, 5) is 113. The van der Waals surface area contributed by atoms with Gasteiger partial charge in [0.2, 0.25) is 35.1 Å². The molecular formula is C82H76Cl10FN21O15S. The third-order valence-corrected chi connectivity index (χ3v) is 21.7. The highest BCUT2D eigenvalue weighted by atomic mass is 35.5. The molecule has 0 saturated carbocycles. The Labute approximate surface area is 811 Å². The Hall–Kier alpha value is -11.9. The summed E-state index contributed by atoms with van der Waals surface area (Å²) in [5.41, 5.74) is 18.2. The zero-order valence-electron chi connectivity index (χ0n) is 80.8. The molecule has 6 aromatic heterocycles. The van der Waals surface area contributed by atoms with Gasteiger partial charge in [-0.15, -0.1) is 30.2 Å². The quantitative estimate of drug-likeness (QED) is 0.0196. The van der Waals surface area contributed by atoms with E-state index >= 15 is 0 Å². The van der Waals surface area contributed by atoms with Crippen LogP contribution in [0.15, 0.2) is 99.3 Å². The molecule has 0 spiro atoms. The molecule has 130 heavy (non-hydrogen) atoms. The van der Waals surface area contributed by atoms with Gasteiger partial charge in [0.25, 0.3) is 39.3 Å². The Morgan fingerprint density at radius 1 is 0.515 bits per heavy atom. The van der Waals surface area contributed by atoms with Crippen LogP contribution in [0.2, 0.25) is 50.2 Å². The molecule has 14 N–H and O–H groups in total. The molecule has 0 bridgehead atoms. The third-order valence-electron chi connectivity index (χ3n) is 18.9. The number of alkyl carbamates (subject to hydrolysis) is 1. The van der Waals surface area contributed by atoms with Gasteiger partial charge in [0, 0.05) is 112 Å². The van der Waals surface area contributed by atoms with Gasteiger partial charge in [-0.3, -0.25) is 49.3 Å². The van der Waals surface area contributed by atoms with E-state index in [0.29, 0.717) is 83.4 Å².